The predicted molar refractivity (Wildman–Crippen MR) is 82.2 cm³/mol. The molecule has 0 bridgehead atoms. The highest BCUT2D eigenvalue weighted by atomic mass is 32.2. The molecule has 0 unspecified atom stereocenters. The topological polar surface area (TPSA) is 106 Å². The lowest BCUT2D eigenvalue weighted by atomic mass is 9.95. The monoisotopic (exact) mass is 352 g/mol. The van der Waals surface area contributed by atoms with Crippen LogP contribution < -0.4 is 10.5 Å². The molecule has 1 aromatic carbocycles. The highest BCUT2D eigenvalue weighted by Crippen LogP contribution is 2.22. The highest BCUT2D eigenvalue weighted by molar-refractivity contribution is 7.90. The smallest absolute Gasteiger partial charge is 0.241 e. The van der Waals surface area contributed by atoms with Crippen LogP contribution >= 0.6 is 0 Å². The number of hydrogen-bond acceptors (Lipinski definition) is 5. The van der Waals surface area contributed by atoms with Crippen LogP contribution in [-0.2, 0) is 19.9 Å². The van der Waals surface area contributed by atoms with Crippen LogP contribution in [0.15, 0.2) is 28.0 Å². The van der Waals surface area contributed by atoms with Gasteiger partial charge in [-0.25, -0.2) is 25.9 Å². The second kappa shape index (κ2) is 6.61. The van der Waals surface area contributed by atoms with E-state index in [2.05, 4.69) is 4.72 Å². The van der Waals surface area contributed by atoms with Crippen molar-refractivity contribution in [2.75, 3.05) is 12.8 Å². The van der Waals surface area contributed by atoms with Crippen LogP contribution in [0.25, 0.3) is 0 Å². The number of nitrogens with one attached hydrogen (secondary N) is 1. The first-order valence-electron chi connectivity index (χ1n) is 6.75. The van der Waals surface area contributed by atoms with Gasteiger partial charge in [0.2, 0.25) is 10.0 Å². The third kappa shape index (κ3) is 4.03. The van der Waals surface area contributed by atoms with E-state index in [4.69, 9.17) is 5.73 Å². The standard InChI is InChI=1S/C13H21FN2O4S2/c1-4-13(5-2,9-15)16-22(19,20)10-6-7-12(11(14)8-10)21(3,17)18/h6-8,16H,4-5,9,15H2,1-3H3. The summed E-state index contributed by atoms with van der Waals surface area (Å²) in [6, 6.07) is 2.71. The first kappa shape index (κ1) is 19.0. The quantitative estimate of drug-likeness (QED) is 0.762. The Bertz CT molecular complexity index is 733. The summed E-state index contributed by atoms with van der Waals surface area (Å²) < 4.78 is 63.8. The van der Waals surface area contributed by atoms with Gasteiger partial charge in [0.15, 0.2) is 9.84 Å². The molecule has 0 aliphatic heterocycles. The minimum absolute atomic E-state index is 0.100. The van der Waals surface area contributed by atoms with Crippen LogP contribution in [0.5, 0.6) is 0 Å². The molecule has 22 heavy (non-hydrogen) atoms. The number of sulfone groups is 1. The molecular weight excluding hydrogens is 331 g/mol. The molecule has 0 atom stereocenters. The second-order valence-electron chi connectivity index (χ2n) is 5.16. The molecule has 0 saturated heterocycles. The summed E-state index contributed by atoms with van der Waals surface area (Å²) in [6.07, 6.45) is 1.80. The molecule has 0 saturated carbocycles. The van der Waals surface area contributed by atoms with E-state index in [9.17, 15) is 21.2 Å². The molecule has 0 aliphatic carbocycles. The Balaban J connectivity index is 3.28. The summed E-state index contributed by atoms with van der Waals surface area (Å²) in [4.78, 5) is -0.875. The largest absolute Gasteiger partial charge is 0.329 e. The molecule has 0 aromatic heterocycles. The van der Waals surface area contributed by atoms with E-state index in [-0.39, 0.29) is 11.4 Å². The van der Waals surface area contributed by atoms with Gasteiger partial charge in [0, 0.05) is 18.3 Å². The maximum absolute atomic E-state index is 13.9. The second-order valence-corrected chi connectivity index (χ2v) is 8.83. The summed E-state index contributed by atoms with van der Waals surface area (Å²) in [5.41, 5.74) is 4.83. The molecule has 0 amide bonds. The van der Waals surface area contributed by atoms with Crippen molar-refractivity contribution >= 4 is 19.9 Å². The van der Waals surface area contributed by atoms with E-state index in [1.807, 2.05) is 0 Å². The molecule has 3 N–H and O–H groups in total. The molecule has 9 heteroatoms. The molecule has 0 spiro atoms. The fourth-order valence-corrected chi connectivity index (χ4v) is 4.31. The summed E-state index contributed by atoms with van der Waals surface area (Å²) >= 11 is 0. The Labute approximate surface area is 130 Å². The Morgan fingerprint density at radius 1 is 1.18 bits per heavy atom. The fraction of sp³-hybridized carbons (Fsp3) is 0.538. The number of sulfonamides is 1. The van der Waals surface area contributed by atoms with Gasteiger partial charge in [-0.05, 0) is 31.0 Å². The van der Waals surface area contributed by atoms with Crippen LogP contribution in [0.2, 0.25) is 0 Å². The predicted octanol–water partition coefficient (Wildman–Crippen LogP) is 1.02. The van der Waals surface area contributed by atoms with Gasteiger partial charge >= 0.3 is 0 Å². The van der Waals surface area contributed by atoms with E-state index in [1.54, 1.807) is 13.8 Å². The van der Waals surface area contributed by atoms with Crippen molar-refractivity contribution < 1.29 is 21.2 Å². The zero-order valence-corrected chi connectivity index (χ0v) is 14.4. The van der Waals surface area contributed by atoms with Crippen molar-refractivity contribution in [3.05, 3.63) is 24.0 Å². The molecule has 126 valence electrons. The van der Waals surface area contributed by atoms with E-state index in [0.717, 1.165) is 18.4 Å². The zero-order chi connectivity index (χ0) is 17.2. The van der Waals surface area contributed by atoms with Crippen molar-refractivity contribution in [3.63, 3.8) is 0 Å². The molecule has 1 rings (SSSR count). The number of benzene rings is 1. The van der Waals surface area contributed by atoms with Gasteiger partial charge < -0.3 is 5.73 Å². The van der Waals surface area contributed by atoms with E-state index < -0.39 is 36.1 Å². The van der Waals surface area contributed by atoms with Crippen molar-refractivity contribution in [1.29, 1.82) is 0 Å². The van der Waals surface area contributed by atoms with Crippen LogP contribution in [0, 0.1) is 5.82 Å². The van der Waals surface area contributed by atoms with Crippen LogP contribution in [0.1, 0.15) is 26.7 Å². The van der Waals surface area contributed by atoms with E-state index in [0.29, 0.717) is 18.9 Å². The summed E-state index contributed by atoms with van der Waals surface area (Å²) in [7, 11) is -7.76. The van der Waals surface area contributed by atoms with Crippen LogP contribution in [0.3, 0.4) is 0 Å². The minimum Gasteiger partial charge on any atom is -0.329 e. The first-order valence-corrected chi connectivity index (χ1v) is 10.1. The van der Waals surface area contributed by atoms with Crippen molar-refractivity contribution in [2.45, 2.75) is 42.0 Å². The average molecular weight is 352 g/mol. The molecule has 0 radical (unpaired) electrons. The fourth-order valence-electron chi connectivity index (χ4n) is 2.02. The van der Waals surface area contributed by atoms with Gasteiger partial charge in [-0.2, -0.15) is 0 Å². The minimum atomic E-state index is -4.00. The molecular formula is C13H21FN2O4S2. The van der Waals surface area contributed by atoms with Gasteiger partial charge in [-0.1, -0.05) is 13.8 Å². The number of halogens is 1. The zero-order valence-electron chi connectivity index (χ0n) is 12.8. The average Bonchev–Trinajstić information content (AvgIpc) is 2.43. The van der Waals surface area contributed by atoms with Crippen LogP contribution in [-0.4, -0.2) is 35.2 Å². The van der Waals surface area contributed by atoms with Crippen molar-refractivity contribution in [2.24, 2.45) is 5.73 Å². The van der Waals surface area contributed by atoms with Gasteiger partial charge in [-0.15, -0.1) is 0 Å². The van der Waals surface area contributed by atoms with Crippen molar-refractivity contribution in [3.8, 4) is 0 Å². The van der Waals surface area contributed by atoms with E-state index in [1.165, 1.54) is 0 Å². The van der Waals surface area contributed by atoms with Crippen molar-refractivity contribution in [1.82, 2.24) is 4.72 Å². The number of nitrogens with two attached hydrogens (primary N) is 1. The summed E-state index contributed by atoms with van der Waals surface area (Å²) in [5.74, 6) is -1.10. The first-order chi connectivity index (χ1) is 10.0. The normalized spacial score (nSPS) is 13.3. The molecule has 0 heterocycles. The SMILES string of the molecule is CCC(CC)(CN)NS(=O)(=O)c1ccc(S(C)(=O)=O)c(F)c1. The van der Waals surface area contributed by atoms with Gasteiger partial charge in [-0.3, -0.25) is 0 Å². The van der Waals surface area contributed by atoms with Gasteiger partial charge in [0.05, 0.1) is 4.90 Å². The summed E-state index contributed by atoms with van der Waals surface area (Å²) in [5, 5.41) is 0. The maximum atomic E-state index is 13.9. The Hall–Kier alpha value is -1.03. The van der Waals surface area contributed by atoms with Gasteiger partial charge in [0.1, 0.15) is 10.7 Å². The van der Waals surface area contributed by atoms with Gasteiger partial charge in [0.25, 0.3) is 0 Å². The Kier molecular flexibility index (Phi) is 5.71. The lowest BCUT2D eigenvalue weighted by molar-refractivity contribution is 0.363. The van der Waals surface area contributed by atoms with Crippen LogP contribution in [0.4, 0.5) is 4.39 Å². The Morgan fingerprint density at radius 3 is 2.09 bits per heavy atom. The Morgan fingerprint density at radius 2 is 1.73 bits per heavy atom. The lowest BCUT2D eigenvalue weighted by Crippen LogP contribution is -2.52. The third-order valence-electron chi connectivity index (χ3n) is 3.71. The molecule has 1 aromatic rings. The molecule has 0 aliphatic rings. The van der Waals surface area contributed by atoms with E-state index >= 15 is 0 Å². The highest BCUT2D eigenvalue weighted by Gasteiger charge is 2.31. The number of hydrogen-bond donors (Lipinski definition) is 2. The third-order valence-corrected chi connectivity index (χ3v) is 6.41. The molecule has 0 fully saturated rings. The number of rotatable bonds is 7. The lowest BCUT2D eigenvalue weighted by Gasteiger charge is -2.31. The maximum Gasteiger partial charge on any atom is 0.241 e. The molecule has 6 nitrogen and oxygen atoms in total. The summed E-state index contributed by atoms with van der Waals surface area (Å²) in [6.45, 7) is 3.70.